The fraction of sp³-hybridized carbons (Fsp3) is 0.722. The van der Waals surface area contributed by atoms with Crippen LogP contribution in [0.25, 0.3) is 0 Å². The molecule has 2 heterocycles. The summed E-state index contributed by atoms with van der Waals surface area (Å²) in [5, 5.41) is 3.06. The number of aromatic nitrogens is 2. The summed E-state index contributed by atoms with van der Waals surface area (Å²) < 4.78 is 0. The van der Waals surface area contributed by atoms with Crippen molar-refractivity contribution in [2.45, 2.75) is 47.0 Å². The van der Waals surface area contributed by atoms with Crippen LogP contribution in [0.5, 0.6) is 0 Å². The second kappa shape index (κ2) is 8.42. The van der Waals surface area contributed by atoms with Crippen molar-refractivity contribution in [2.75, 3.05) is 26.2 Å². The van der Waals surface area contributed by atoms with Crippen molar-refractivity contribution < 1.29 is 4.79 Å². The number of likely N-dealkylation sites (tertiary alicyclic amines) is 1. The standard InChI is InChI=1S/C18H30N4O2/c1-12(2)10-22-8-7-15(11-22)9-19-17(23)6-5-16-13(3)20-18(24)21-14(16)4/h12,15H,5-11H2,1-4H3,(H,19,23)(H,20,21,24)/t15-/m1/s1. The Bertz CT molecular complexity index is 598. The molecule has 6 heteroatoms. The van der Waals surface area contributed by atoms with Crippen LogP contribution in [0.1, 0.15) is 43.6 Å². The molecule has 0 radical (unpaired) electrons. The van der Waals surface area contributed by atoms with Crippen molar-refractivity contribution in [1.29, 1.82) is 0 Å². The van der Waals surface area contributed by atoms with Crippen LogP contribution in [-0.2, 0) is 11.2 Å². The van der Waals surface area contributed by atoms with E-state index >= 15 is 0 Å². The van der Waals surface area contributed by atoms with Crippen molar-refractivity contribution >= 4 is 5.91 Å². The lowest BCUT2D eigenvalue weighted by Crippen LogP contribution is -2.32. The van der Waals surface area contributed by atoms with Gasteiger partial charge in [0.1, 0.15) is 0 Å². The number of nitrogens with one attached hydrogen (secondary N) is 2. The molecule has 0 aliphatic carbocycles. The molecule has 0 bridgehead atoms. The van der Waals surface area contributed by atoms with E-state index in [9.17, 15) is 9.59 Å². The Morgan fingerprint density at radius 2 is 2.17 bits per heavy atom. The molecule has 1 fully saturated rings. The molecule has 1 atom stereocenters. The average Bonchev–Trinajstić information content (AvgIpc) is 2.90. The summed E-state index contributed by atoms with van der Waals surface area (Å²) in [6.45, 7) is 12.3. The Morgan fingerprint density at radius 3 is 2.83 bits per heavy atom. The fourth-order valence-electron chi connectivity index (χ4n) is 3.47. The Hall–Kier alpha value is -1.69. The smallest absolute Gasteiger partial charge is 0.345 e. The number of hydrogen-bond acceptors (Lipinski definition) is 4. The van der Waals surface area contributed by atoms with Gasteiger partial charge in [-0.1, -0.05) is 13.8 Å². The lowest BCUT2D eigenvalue weighted by atomic mass is 10.1. The summed E-state index contributed by atoms with van der Waals surface area (Å²) in [5.41, 5.74) is 2.16. The second-order valence-electron chi connectivity index (χ2n) is 7.34. The van der Waals surface area contributed by atoms with Gasteiger partial charge in [0, 0.05) is 37.4 Å². The summed E-state index contributed by atoms with van der Waals surface area (Å²) in [4.78, 5) is 32.5. The third-order valence-corrected chi connectivity index (χ3v) is 4.64. The van der Waals surface area contributed by atoms with Crippen LogP contribution in [0.2, 0.25) is 0 Å². The predicted molar refractivity (Wildman–Crippen MR) is 95.0 cm³/mol. The molecule has 1 aromatic heterocycles. The predicted octanol–water partition coefficient (Wildman–Crippen LogP) is 1.41. The highest BCUT2D eigenvalue weighted by atomic mass is 16.1. The number of rotatable bonds is 7. The lowest BCUT2D eigenvalue weighted by molar-refractivity contribution is -0.121. The number of carbonyl (C=O) groups excluding carboxylic acids is 1. The minimum absolute atomic E-state index is 0.0716. The van der Waals surface area contributed by atoms with Gasteiger partial charge in [-0.25, -0.2) is 4.79 Å². The van der Waals surface area contributed by atoms with Crippen LogP contribution in [0, 0.1) is 25.7 Å². The molecule has 134 valence electrons. The summed E-state index contributed by atoms with van der Waals surface area (Å²) >= 11 is 0. The normalized spacial score (nSPS) is 18.3. The van der Waals surface area contributed by atoms with Gasteiger partial charge in [0.05, 0.1) is 0 Å². The molecule has 0 unspecified atom stereocenters. The van der Waals surface area contributed by atoms with E-state index in [0.29, 0.717) is 30.4 Å². The minimum atomic E-state index is -0.328. The Kier molecular flexibility index (Phi) is 6.54. The zero-order valence-corrected chi connectivity index (χ0v) is 15.3. The average molecular weight is 334 g/mol. The third-order valence-electron chi connectivity index (χ3n) is 4.64. The third kappa shape index (κ3) is 5.44. The molecule has 6 nitrogen and oxygen atoms in total. The van der Waals surface area contributed by atoms with Crippen LogP contribution in [-0.4, -0.2) is 47.0 Å². The molecule has 2 N–H and O–H groups in total. The topological polar surface area (TPSA) is 78.1 Å². The van der Waals surface area contributed by atoms with E-state index in [1.165, 1.54) is 0 Å². The monoisotopic (exact) mass is 334 g/mol. The first-order chi connectivity index (χ1) is 11.3. The maximum absolute atomic E-state index is 12.1. The quantitative estimate of drug-likeness (QED) is 0.790. The summed E-state index contributed by atoms with van der Waals surface area (Å²) in [5.74, 6) is 1.32. The van der Waals surface area contributed by atoms with E-state index in [2.05, 4.69) is 34.0 Å². The lowest BCUT2D eigenvalue weighted by Gasteiger charge is -2.18. The SMILES string of the molecule is Cc1nc(=O)[nH]c(C)c1CCC(=O)NC[C@H]1CCN(CC(C)C)C1. The highest BCUT2D eigenvalue weighted by Gasteiger charge is 2.23. The summed E-state index contributed by atoms with van der Waals surface area (Å²) in [7, 11) is 0. The number of H-pyrrole nitrogens is 1. The number of amides is 1. The second-order valence-corrected chi connectivity index (χ2v) is 7.34. The first-order valence-corrected chi connectivity index (χ1v) is 8.90. The first kappa shape index (κ1) is 18.6. The van der Waals surface area contributed by atoms with Gasteiger partial charge in [0.2, 0.25) is 5.91 Å². The molecular formula is C18H30N4O2. The van der Waals surface area contributed by atoms with Gasteiger partial charge in [-0.2, -0.15) is 4.98 Å². The van der Waals surface area contributed by atoms with Crippen LogP contribution in [0.3, 0.4) is 0 Å². The molecular weight excluding hydrogens is 304 g/mol. The Balaban J connectivity index is 1.74. The first-order valence-electron chi connectivity index (χ1n) is 8.90. The Labute approximate surface area is 144 Å². The van der Waals surface area contributed by atoms with Gasteiger partial charge in [-0.05, 0) is 50.6 Å². The molecule has 2 rings (SSSR count). The number of aryl methyl sites for hydroxylation is 2. The van der Waals surface area contributed by atoms with E-state index in [4.69, 9.17) is 0 Å². The van der Waals surface area contributed by atoms with Crippen LogP contribution >= 0.6 is 0 Å². The van der Waals surface area contributed by atoms with Gasteiger partial charge < -0.3 is 15.2 Å². The van der Waals surface area contributed by atoms with Crippen molar-refractivity contribution in [2.24, 2.45) is 11.8 Å². The fourth-order valence-corrected chi connectivity index (χ4v) is 3.47. The van der Waals surface area contributed by atoms with Gasteiger partial charge in [0.25, 0.3) is 0 Å². The van der Waals surface area contributed by atoms with Crippen LogP contribution in [0.4, 0.5) is 0 Å². The molecule has 24 heavy (non-hydrogen) atoms. The molecule has 1 amide bonds. The zero-order valence-electron chi connectivity index (χ0n) is 15.3. The number of nitrogens with zero attached hydrogens (tertiary/aromatic N) is 2. The maximum Gasteiger partial charge on any atom is 0.345 e. The zero-order chi connectivity index (χ0) is 17.7. The summed E-state index contributed by atoms with van der Waals surface area (Å²) in [6, 6.07) is 0. The van der Waals surface area contributed by atoms with E-state index in [1.54, 1.807) is 0 Å². The van der Waals surface area contributed by atoms with Crippen molar-refractivity contribution in [3.05, 3.63) is 27.4 Å². The van der Waals surface area contributed by atoms with Gasteiger partial charge >= 0.3 is 5.69 Å². The molecule has 0 spiro atoms. The molecule has 1 aromatic rings. The van der Waals surface area contributed by atoms with E-state index in [1.807, 2.05) is 13.8 Å². The number of carbonyl (C=O) groups is 1. The Morgan fingerprint density at radius 1 is 1.42 bits per heavy atom. The van der Waals surface area contributed by atoms with Crippen LogP contribution < -0.4 is 11.0 Å². The number of aromatic amines is 1. The van der Waals surface area contributed by atoms with Gasteiger partial charge in [-0.15, -0.1) is 0 Å². The molecule has 1 saturated heterocycles. The van der Waals surface area contributed by atoms with Gasteiger partial charge in [-0.3, -0.25) is 4.79 Å². The number of hydrogen-bond donors (Lipinski definition) is 2. The molecule has 0 aromatic carbocycles. The largest absolute Gasteiger partial charge is 0.356 e. The van der Waals surface area contributed by atoms with E-state index < -0.39 is 0 Å². The van der Waals surface area contributed by atoms with Gasteiger partial charge in [0.15, 0.2) is 0 Å². The minimum Gasteiger partial charge on any atom is -0.356 e. The molecule has 1 aliphatic heterocycles. The molecule has 0 saturated carbocycles. The highest BCUT2D eigenvalue weighted by molar-refractivity contribution is 5.76. The van der Waals surface area contributed by atoms with Crippen molar-refractivity contribution in [3.63, 3.8) is 0 Å². The van der Waals surface area contributed by atoms with Crippen molar-refractivity contribution in [1.82, 2.24) is 20.2 Å². The van der Waals surface area contributed by atoms with E-state index in [-0.39, 0.29) is 11.6 Å². The molecule has 1 aliphatic rings. The van der Waals surface area contributed by atoms with E-state index in [0.717, 1.165) is 43.9 Å². The highest BCUT2D eigenvalue weighted by Crippen LogP contribution is 2.16. The maximum atomic E-state index is 12.1. The summed E-state index contributed by atoms with van der Waals surface area (Å²) in [6.07, 6.45) is 2.20. The van der Waals surface area contributed by atoms with Crippen molar-refractivity contribution in [3.8, 4) is 0 Å². The van der Waals surface area contributed by atoms with Crippen LogP contribution in [0.15, 0.2) is 4.79 Å².